The molecule has 0 atom stereocenters. The molecule has 0 aliphatic carbocycles. The van der Waals surface area contributed by atoms with Gasteiger partial charge in [-0.25, -0.2) is 4.98 Å². The Labute approximate surface area is 197 Å². The number of nitrogens with zero attached hydrogens (tertiary/aromatic N) is 2. The summed E-state index contributed by atoms with van der Waals surface area (Å²) in [5, 5.41) is 3.78. The minimum Gasteiger partial charge on any atom is -0.469 e. The van der Waals surface area contributed by atoms with Crippen LogP contribution in [0.15, 0.2) is 48.5 Å². The molecular formula is C24H25Cl2N3O3. The van der Waals surface area contributed by atoms with Gasteiger partial charge in [0, 0.05) is 29.2 Å². The van der Waals surface area contributed by atoms with Crippen LogP contribution in [0.1, 0.15) is 47.2 Å². The molecule has 168 valence electrons. The third kappa shape index (κ3) is 6.11. The van der Waals surface area contributed by atoms with Gasteiger partial charge in [0.15, 0.2) is 5.15 Å². The van der Waals surface area contributed by atoms with Gasteiger partial charge in [-0.1, -0.05) is 48.7 Å². The molecule has 0 saturated carbocycles. The zero-order valence-electron chi connectivity index (χ0n) is 18.0. The molecule has 1 N–H and O–H groups in total. The van der Waals surface area contributed by atoms with E-state index in [-0.39, 0.29) is 18.3 Å². The molecule has 1 amide bonds. The number of aryl methyl sites for hydroxylation is 1. The van der Waals surface area contributed by atoms with Crippen LogP contribution in [0.3, 0.4) is 0 Å². The number of benzene rings is 2. The van der Waals surface area contributed by atoms with Gasteiger partial charge in [0.05, 0.1) is 19.2 Å². The van der Waals surface area contributed by atoms with Crippen molar-refractivity contribution in [3.8, 4) is 0 Å². The van der Waals surface area contributed by atoms with Crippen molar-refractivity contribution in [3.05, 3.63) is 81.4 Å². The van der Waals surface area contributed by atoms with E-state index >= 15 is 0 Å². The number of amides is 1. The van der Waals surface area contributed by atoms with Gasteiger partial charge in [-0.2, -0.15) is 0 Å². The Balaban J connectivity index is 1.77. The number of anilines is 1. The molecule has 32 heavy (non-hydrogen) atoms. The smallest absolute Gasteiger partial charge is 0.311 e. The molecule has 0 aliphatic rings. The Morgan fingerprint density at radius 2 is 1.75 bits per heavy atom. The second-order valence-corrected chi connectivity index (χ2v) is 8.16. The predicted octanol–water partition coefficient (Wildman–Crippen LogP) is 5.55. The highest BCUT2D eigenvalue weighted by molar-refractivity contribution is 6.30. The first-order valence-corrected chi connectivity index (χ1v) is 11.1. The van der Waals surface area contributed by atoms with Crippen molar-refractivity contribution < 1.29 is 14.3 Å². The van der Waals surface area contributed by atoms with Crippen LogP contribution in [-0.2, 0) is 28.9 Å². The van der Waals surface area contributed by atoms with Gasteiger partial charge in [0.2, 0.25) is 0 Å². The van der Waals surface area contributed by atoms with E-state index in [2.05, 4.69) is 17.2 Å². The summed E-state index contributed by atoms with van der Waals surface area (Å²) < 4.78 is 6.80. The monoisotopic (exact) mass is 473 g/mol. The number of esters is 1. The van der Waals surface area contributed by atoms with Crippen LogP contribution in [0.5, 0.6) is 0 Å². The lowest BCUT2D eigenvalue weighted by Crippen LogP contribution is -2.14. The van der Waals surface area contributed by atoms with Gasteiger partial charge in [0.25, 0.3) is 5.91 Å². The molecule has 0 saturated heterocycles. The number of nitrogens with one attached hydrogen (secondary N) is 1. The number of hydrogen-bond acceptors (Lipinski definition) is 4. The normalized spacial score (nSPS) is 10.8. The first-order chi connectivity index (χ1) is 15.4. The molecule has 3 aromatic rings. The standard InChI is InChI=1S/C24H25Cl2N3O3/c1-3-4-5-21-28-23(26)20(14-22(30)32-2)29(21)15-16-6-12-19(13-7-16)27-24(31)17-8-10-18(25)11-9-17/h6-13H,3-5,14-15H2,1-2H3,(H,27,31). The molecule has 0 aliphatic heterocycles. The third-order valence-electron chi connectivity index (χ3n) is 5.06. The lowest BCUT2D eigenvalue weighted by atomic mass is 10.1. The fraction of sp³-hybridized carbons (Fsp3) is 0.292. The van der Waals surface area contributed by atoms with Gasteiger partial charge < -0.3 is 14.6 Å². The van der Waals surface area contributed by atoms with Crippen LogP contribution < -0.4 is 5.32 Å². The van der Waals surface area contributed by atoms with Crippen LogP contribution >= 0.6 is 23.2 Å². The van der Waals surface area contributed by atoms with E-state index in [0.717, 1.165) is 30.7 Å². The second-order valence-electron chi connectivity index (χ2n) is 7.37. The number of carbonyl (C=O) groups is 2. The van der Waals surface area contributed by atoms with Gasteiger partial charge in [0.1, 0.15) is 5.82 Å². The number of rotatable bonds is 9. The summed E-state index contributed by atoms with van der Waals surface area (Å²) in [5.41, 5.74) is 2.84. The number of ether oxygens (including phenoxy) is 1. The van der Waals surface area contributed by atoms with Crippen LogP contribution in [0.4, 0.5) is 5.69 Å². The molecule has 0 fully saturated rings. The number of imidazole rings is 1. The van der Waals surface area contributed by atoms with Gasteiger partial charge >= 0.3 is 5.97 Å². The van der Waals surface area contributed by atoms with E-state index in [1.807, 2.05) is 28.8 Å². The number of unbranched alkanes of at least 4 members (excludes halogenated alkanes) is 1. The molecule has 2 aromatic carbocycles. The van der Waals surface area contributed by atoms with Crippen LogP contribution in [0.25, 0.3) is 0 Å². The Morgan fingerprint density at radius 3 is 2.38 bits per heavy atom. The highest BCUT2D eigenvalue weighted by atomic mass is 35.5. The third-order valence-corrected chi connectivity index (χ3v) is 5.61. The van der Waals surface area contributed by atoms with Gasteiger partial charge in [-0.15, -0.1) is 0 Å². The SMILES string of the molecule is CCCCc1nc(Cl)c(CC(=O)OC)n1Cc1ccc(NC(=O)c2ccc(Cl)cc2)cc1. The van der Waals surface area contributed by atoms with Crippen molar-refractivity contribution in [2.24, 2.45) is 0 Å². The quantitative estimate of drug-likeness (QED) is 0.413. The maximum atomic E-state index is 12.4. The molecule has 3 rings (SSSR count). The fourth-order valence-electron chi connectivity index (χ4n) is 3.28. The lowest BCUT2D eigenvalue weighted by Gasteiger charge is -2.13. The number of methoxy groups -OCH3 is 1. The Morgan fingerprint density at radius 1 is 1.06 bits per heavy atom. The number of hydrogen-bond donors (Lipinski definition) is 1. The number of carbonyl (C=O) groups excluding carboxylic acids is 2. The summed E-state index contributed by atoms with van der Waals surface area (Å²) in [6, 6.07) is 14.2. The Kier molecular flexibility index (Phi) is 8.31. The molecular weight excluding hydrogens is 449 g/mol. The summed E-state index contributed by atoms with van der Waals surface area (Å²) in [6.07, 6.45) is 2.83. The molecule has 6 nitrogen and oxygen atoms in total. The first kappa shape index (κ1) is 23.8. The van der Waals surface area contributed by atoms with Gasteiger partial charge in [-0.3, -0.25) is 9.59 Å². The van der Waals surface area contributed by atoms with Crippen LogP contribution in [0.2, 0.25) is 10.2 Å². The maximum absolute atomic E-state index is 12.4. The van der Waals surface area contributed by atoms with E-state index in [1.54, 1.807) is 24.3 Å². The molecule has 0 radical (unpaired) electrons. The van der Waals surface area contributed by atoms with E-state index in [4.69, 9.17) is 27.9 Å². The van der Waals surface area contributed by atoms with Crippen molar-refractivity contribution in [2.45, 2.75) is 39.2 Å². The average molecular weight is 474 g/mol. The van der Waals surface area contributed by atoms with Crippen LogP contribution in [0, 0.1) is 0 Å². The topological polar surface area (TPSA) is 73.2 Å². The summed E-state index contributed by atoms with van der Waals surface area (Å²) in [6.45, 7) is 2.62. The zero-order valence-corrected chi connectivity index (χ0v) is 19.5. The lowest BCUT2D eigenvalue weighted by molar-refractivity contribution is -0.139. The van der Waals surface area contributed by atoms with Crippen molar-refractivity contribution in [1.29, 1.82) is 0 Å². The van der Waals surface area contributed by atoms with E-state index in [1.165, 1.54) is 7.11 Å². The Bertz CT molecular complexity index is 1080. The average Bonchev–Trinajstić information content (AvgIpc) is 3.08. The summed E-state index contributed by atoms with van der Waals surface area (Å²) in [7, 11) is 1.35. The second kappa shape index (κ2) is 11.2. The number of halogens is 2. The largest absolute Gasteiger partial charge is 0.469 e. The van der Waals surface area contributed by atoms with Crippen molar-refractivity contribution >= 4 is 40.8 Å². The molecule has 8 heteroatoms. The highest BCUT2D eigenvalue weighted by Gasteiger charge is 2.19. The van der Waals surface area contributed by atoms with E-state index in [9.17, 15) is 9.59 Å². The summed E-state index contributed by atoms with van der Waals surface area (Å²) in [4.78, 5) is 28.8. The van der Waals surface area contributed by atoms with E-state index < -0.39 is 0 Å². The Hall–Kier alpha value is -2.83. The molecule has 1 heterocycles. The van der Waals surface area contributed by atoms with Crippen molar-refractivity contribution in [2.75, 3.05) is 12.4 Å². The van der Waals surface area contributed by atoms with Crippen LogP contribution in [-0.4, -0.2) is 28.5 Å². The summed E-state index contributed by atoms with van der Waals surface area (Å²) in [5.74, 6) is 0.268. The molecule has 0 spiro atoms. The molecule has 1 aromatic heterocycles. The summed E-state index contributed by atoms with van der Waals surface area (Å²) >= 11 is 12.2. The van der Waals surface area contributed by atoms with Crippen molar-refractivity contribution in [3.63, 3.8) is 0 Å². The molecule has 0 bridgehead atoms. The van der Waals surface area contributed by atoms with Crippen molar-refractivity contribution in [1.82, 2.24) is 9.55 Å². The maximum Gasteiger partial charge on any atom is 0.311 e. The first-order valence-electron chi connectivity index (χ1n) is 10.4. The minimum atomic E-state index is -0.365. The fourth-order valence-corrected chi connectivity index (χ4v) is 3.67. The van der Waals surface area contributed by atoms with Gasteiger partial charge in [-0.05, 0) is 48.4 Å². The predicted molar refractivity (Wildman–Crippen MR) is 127 cm³/mol. The highest BCUT2D eigenvalue weighted by Crippen LogP contribution is 2.22. The van der Waals surface area contributed by atoms with E-state index in [0.29, 0.717) is 33.7 Å². The zero-order chi connectivity index (χ0) is 23.1. The number of aromatic nitrogens is 2. The minimum absolute atomic E-state index is 0.0592. The molecule has 0 unspecified atom stereocenters.